The molecular weight excluding hydrogens is 865 g/mol. The summed E-state index contributed by atoms with van der Waals surface area (Å²) in [7, 11) is 1.44. The van der Waals surface area contributed by atoms with Crippen LogP contribution in [0.1, 0.15) is 84.2 Å². The number of phenols is 2. The van der Waals surface area contributed by atoms with Gasteiger partial charge < -0.3 is 59.3 Å². The number of aliphatic hydroxyl groups is 2. The number of hydrogen-bond acceptors (Lipinski definition) is 16. The molecule has 1 saturated heterocycles. The number of aliphatic hydroxyl groups excluding tert-OH is 2. The molecule has 1 amide bonds. The number of rotatable bonds is 5. The van der Waals surface area contributed by atoms with Gasteiger partial charge in [0, 0.05) is 105 Å². The summed E-state index contributed by atoms with van der Waals surface area (Å²) in [5.41, 5.74) is -0.665. The number of amides is 1. The molecule has 10 atom stereocenters. The average molecular weight is 927 g/mol. The second-order valence-corrected chi connectivity index (χ2v) is 18.4. The molecule has 5 bridgehead atoms. The van der Waals surface area contributed by atoms with E-state index in [1.807, 2.05) is 0 Å². The molecule has 1 fully saturated rings. The first kappa shape index (κ1) is 48.9. The molecule has 5 aliphatic heterocycles. The number of ketones is 1. The van der Waals surface area contributed by atoms with Crippen LogP contribution in [0.5, 0.6) is 17.2 Å². The van der Waals surface area contributed by atoms with Gasteiger partial charge in [0.25, 0.3) is 11.7 Å². The van der Waals surface area contributed by atoms with Gasteiger partial charge in [0.2, 0.25) is 5.43 Å². The van der Waals surface area contributed by atoms with E-state index < -0.39 is 82.7 Å². The molecule has 0 spiro atoms. The third-order valence-electron chi connectivity index (χ3n) is 13.7. The standard InChI is InChI=1S/C50H62N4O13/c1-11-13-30-22-54(18-17-51-30)31-20-32(56)38-34(21-31)66-47-39(52-38)35-36-43(59)28(7)46-37(35)48(61)50(9,67-46)64-19-16-33(63-10)25(4)45(65-29(8)55)27(6)42(58)26(5)41(57)23(2)14-12-15-24(3)49(62)53-40(47)44(36)60/h12,14-16,19-21,23,25-27,30,33,41-42,45,51,56-59H,11,13,17-18,22H2,1-10H3,(H,53,62)/b14-12+,19-16+,24-15-/t23-,25+,26+,27+,30?,33-,41-,42+,45+,50?/m0/s1. The monoisotopic (exact) mass is 926 g/mol. The third-order valence-corrected chi connectivity index (χ3v) is 13.7. The van der Waals surface area contributed by atoms with Crippen molar-refractivity contribution in [3.05, 3.63) is 69.6 Å². The molecule has 0 saturated carbocycles. The number of carbonyl (C=O) groups is 3. The predicted octanol–water partition coefficient (Wildman–Crippen LogP) is 6.23. The van der Waals surface area contributed by atoms with Gasteiger partial charge in [-0.1, -0.05) is 59.3 Å². The minimum absolute atomic E-state index is 0.00976. The number of nitrogens with zero attached hydrogens (tertiary/aromatic N) is 2. The molecule has 17 nitrogen and oxygen atoms in total. The average Bonchev–Trinajstić information content (AvgIpc) is 3.56. The van der Waals surface area contributed by atoms with Crippen molar-refractivity contribution in [2.45, 2.75) is 111 Å². The van der Waals surface area contributed by atoms with Crippen LogP contribution < -0.4 is 25.7 Å². The zero-order valence-corrected chi connectivity index (χ0v) is 39.6. The highest BCUT2D eigenvalue weighted by molar-refractivity contribution is 6.22. The van der Waals surface area contributed by atoms with Gasteiger partial charge in [-0.2, -0.15) is 0 Å². The summed E-state index contributed by atoms with van der Waals surface area (Å²) >= 11 is 0. The Labute approximate surface area is 388 Å². The molecule has 360 valence electrons. The summed E-state index contributed by atoms with van der Waals surface area (Å²) in [5, 5.41) is 52.2. The van der Waals surface area contributed by atoms with E-state index in [0.29, 0.717) is 25.3 Å². The van der Waals surface area contributed by atoms with Crippen LogP contribution in [0.3, 0.4) is 0 Å². The topological polar surface area (TPSA) is 239 Å². The van der Waals surface area contributed by atoms with E-state index in [9.17, 15) is 39.6 Å². The van der Waals surface area contributed by atoms with Crippen LogP contribution in [0.25, 0.3) is 33.3 Å². The van der Waals surface area contributed by atoms with Crippen molar-refractivity contribution in [2.24, 2.45) is 23.7 Å². The Bertz CT molecular complexity index is 2710. The van der Waals surface area contributed by atoms with Gasteiger partial charge in [-0.25, -0.2) is 4.98 Å². The first-order valence-electron chi connectivity index (χ1n) is 22.8. The Kier molecular flexibility index (Phi) is 14.1. The highest BCUT2D eigenvalue weighted by atomic mass is 16.7. The van der Waals surface area contributed by atoms with Crippen LogP contribution >= 0.6 is 0 Å². The number of esters is 1. The largest absolute Gasteiger partial charge is 0.507 e. The van der Waals surface area contributed by atoms with Crippen molar-refractivity contribution < 1.29 is 58.2 Å². The van der Waals surface area contributed by atoms with Crippen LogP contribution in [0, 0.1) is 30.6 Å². The first-order chi connectivity index (χ1) is 31.7. The number of benzene rings is 3. The van der Waals surface area contributed by atoms with Gasteiger partial charge in [-0.3, -0.25) is 19.2 Å². The summed E-state index contributed by atoms with van der Waals surface area (Å²) in [6.45, 7) is 16.7. The number of fused-ring (bicyclic) bond motifs is 14. The fourth-order valence-electron chi connectivity index (χ4n) is 9.66. The molecule has 67 heavy (non-hydrogen) atoms. The van der Waals surface area contributed by atoms with E-state index in [4.69, 9.17) is 28.3 Å². The fraction of sp³-hybridized carbons (Fsp3) is 0.500. The summed E-state index contributed by atoms with van der Waals surface area (Å²) in [4.78, 5) is 63.1. The number of nitrogens with one attached hydrogen (secondary N) is 2. The molecule has 5 heterocycles. The fourth-order valence-corrected chi connectivity index (χ4v) is 9.66. The number of carbonyl (C=O) groups excluding carboxylic acids is 3. The number of aromatic nitrogens is 1. The maximum absolute atomic E-state index is 14.9. The lowest BCUT2D eigenvalue weighted by Crippen LogP contribution is -2.50. The van der Waals surface area contributed by atoms with Crippen LogP contribution in [-0.4, -0.2) is 106 Å². The van der Waals surface area contributed by atoms with Gasteiger partial charge in [0.05, 0.1) is 35.5 Å². The van der Waals surface area contributed by atoms with Gasteiger partial charge in [0.1, 0.15) is 40.3 Å². The molecule has 8 rings (SSSR count). The smallest absolute Gasteiger partial charge is 0.312 e. The highest BCUT2D eigenvalue weighted by Crippen LogP contribution is 2.51. The van der Waals surface area contributed by atoms with E-state index in [1.54, 1.807) is 52.0 Å². The lowest BCUT2D eigenvalue weighted by atomic mass is 9.78. The van der Waals surface area contributed by atoms with Gasteiger partial charge in [-0.15, -0.1) is 0 Å². The molecule has 0 radical (unpaired) electrons. The van der Waals surface area contributed by atoms with Crippen molar-refractivity contribution in [3.8, 4) is 28.7 Å². The van der Waals surface area contributed by atoms with Gasteiger partial charge >= 0.3 is 11.8 Å². The first-order valence-corrected chi connectivity index (χ1v) is 22.8. The Hall–Kier alpha value is -6.01. The maximum atomic E-state index is 14.9. The maximum Gasteiger partial charge on any atom is 0.312 e. The minimum Gasteiger partial charge on any atom is -0.507 e. The molecule has 17 heteroatoms. The number of aromatic hydroxyl groups is 2. The van der Waals surface area contributed by atoms with E-state index in [2.05, 4.69) is 22.5 Å². The Morgan fingerprint density at radius 1 is 1.01 bits per heavy atom. The van der Waals surface area contributed by atoms with Gasteiger partial charge in [-0.05, 0) is 26.3 Å². The highest BCUT2D eigenvalue weighted by Gasteiger charge is 2.50. The van der Waals surface area contributed by atoms with Crippen molar-refractivity contribution >= 4 is 50.9 Å². The van der Waals surface area contributed by atoms with Crippen LogP contribution in [0.15, 0.2) is 57.5 Å². The van der Waals surface area contributed by atoms with E-state index in [-0.39, 0.29) is 73.3 Å². The Morgan fingerprint density at radius 2 is 1.75 bits per heavy atom. The molecular formula is C50H62N4O13. The van der Waals surface area contributed by atoms with E-state index >= 15 is 0 Å². The number of methoxy groups -OCH3 is 1. The zero-order chi connectivity index (χ0) is 48.8. The number of anilines is 2. The Morgan fingerprint density at radius 3 is 2.43 bits per heavy atom. The van der Waals surface area contributed by atoms with E-state index in [0.717, 1.165) is 12.8 Å². The minimum atomic E-state index is -2.08. The summed E-state index contributed by atoms with van der Waals surface area (Å²) in [5.74, 6) is -7.83. The number of ether oxygens (including phenoxy) is 4. The SMILES string of the molecule is CCCC1CN(c2cc(O)c3nc4c5c6c7c(C)c(O)c5c(=O)c(c-4oc3c2)NC(=O)/C(C)=C\C=C\[C@H](C)[C@H](O)[C@@H](C)[C@@H](O)[C@@H](C)[C@H](OC(C)=O)[C@H](C)[C@@H](OC)/C=C/OC(C)(O7)C6=O)CCN1. The van der Waals surface area contributed by atoms with Crippen molar-refractivity contribution in [1.82, 2.24) is 10.3 Å². The second kappa shape index (κ2) is 19.3. The summed E-state index contributed by atoms with van der Waals surface area (Å²) in [6.07, 6.45) is 5.42. The number of piperazine rings is 1. The van der Waals surface area contributed by atoms with Crippen LogP contribution in [0.4, 0.5) is 11.4 Å². The predicted molar refractivity (Wildman–Crippen MR) is 252 cm³/mol. The molecule has 2 unspecified atom stereocenters. The Balaban J connectivity index is 1.44. The zero-order valence-electron chi connectivity index (χ0n) is 39.6. The van der Waals surface area contributed by atoms with E-state index in [1.165, 1.54) is 53.2 Å². The normalized spacial score (nSPS) is 30.5. The number of allylic oxidation sites excluding steroid dienone is 2. The number of hydrogen-bond donors (Lipinski definition) is 6. The van der Waals surface area contributed by atoms with Crippen molar-refractivity contribution in [3.63, 3.8) is 0 Å². The molecule has 2 aromatic carbocycles. The molecule has 1 aliphatic carbocycles. The number of Topliss-reactive ketones (excluding diaryl/α,β-unsaturated/α-hetero) is 1. The third kappa shape index (κ3) is 9.09. The van der Waals surface area contributed by atoms with Crippen molar-refractivity contribution in [1.29, 1.82) is 0 Å². The quantitative estimate of drug-likeness (QED) is 0.0738. The van der Waals surface area contributed by atoms with Gasteiger partial charge in [0.15, 0.2) is 11.3 Å². The molecule has 6 N–H and O–H groups in total. The lowest BCUT2D eigenvalue weighted by molar-refractivity contribution is -0.160. The number of phenolic OH excluding ortho intramolecular Hbond substituents is 2. The summed E-state index contributed by atoms with van der Waals surface area (Å²) < 4.78 is 30.4. The molecule has 0 aromatic heterocycles. The van der Waals surface area contributed by atoms with Crippen molar-refractivity contribution in [2.75, 3.05) is 37.0 Å². The molecule has 6 aliphatic rings. The van der Waals surface area contributed by atoms with Crippen LogP contribution in [0.2, 0.25) is 0 Å². The lowest BCUT2D eigenvalue weighted by Gasteiger charge is -2.38. The van der Waals surface area contributed by atoms with Crippen LogP contribution in [-0.2, 0) is 23.8 Å². The second-order valence-electron chi connectivity index (χ2n) is 18.4. The molecule has 2 aromatic rings. The summed E-state index contributed by atoms with van der Waals surface area (Å²) in [6, 6.07) is 3.50.